The third-order valence-electron chi connectivity index (χ3n) is 4.46. The molecule has 2 aromatic carbocycles. The van der Waals surface area contributed by atoms with E-state index in [1.54, 1.807) is 50.2 Å². The Morgan fingerprint density at radius 2 is 2.07 bits per heavy atom. The lowest BCUT2D eigenvalue weighted by molar-refractivity contribution is -0.115. The number of aryl methyl sites for hydroxylation is 1. The summed E-state index contributed by atoms with van der Waals surface area (Å²) in [5, 5.41) is 12.2. The van der Waals surface area contributed by atoms with Gasteiger partial charge in [-0.3, -0.25) is 14.2 Å². The number of rotatable bonds is 7. The number of nitrogens with one attached hydrogen (secondary N) is 1. The summed E-state index contributed by atoms with van der Waals surface area (Å²) in [6.07, 6.45) is 0.400. The van der Waals surface area contributed by atoms with Crippen molar-refractivity contribution in [2.75, 3.05) is 11.9 Å². The van der Waals surface area contributed by atoms with Gasteiger partial charge in [-0.05, 0) is 50.1 Å². The highest BCUT2D eigenvalue weighted by molar-refractivity contribution is 8.00. The fourth-order valence-corrected chi connectivity index (χ4v) is 3.72. The average molecular weight is 415 g/mol. The molecule has 3 aromatic rings. The quantitative estimate of drug-likeness (QED) is 0.457. The van der Waals surface area contributed by atoms with Crippen LogP contribution in [0, 0.1) is 12.7 Å². The number of aliphatic hydroxyl groups excluding tert-OH is 1. The molecule has 0 bridgehead atoms. The molecule has 0 aliphatic heterocycles. The first-order valence-electron chi connectivity index (χ1n) is 9.25. The first-order valence-corrected chi connectivity index (χ1v) is 10.1. The van der Waals surface area contributed by atoms with Crippen LogP contribution in [0.25, 0.3) is 10.9 Å². The number of thioether (sulfide) groups is 1. The molecule has 29 heavy (non-hydrogen) atoms. The number of carbonyl (C=O) groups excluding carboxylic acids is 1. The Hall–Kier alpha value is -2.71. The van der Waals surface area contributed by atoms with E-state index < -0.39 is 11.1 Å². The van der Waals surface area contributed by atoms with Gasteiger partial charge in [-0.1, -0.05) is 30.0 Å². The molecular formula is C21H22FN3O3S. The van der Waals surface area contributed by atoms with Crippen molar-refractivity contribution in [1.29, 1.82) is 0 Å². The van der Waals surface area contributed by atoms with Gasteiger partial charge in [0.2, 0.25) is 5.91 Å². The number of hydrogen-bond donors (Lipinski definition) is 2. The fraction of sp³-hybridized carbons (Fsp3) is 0.286. The lowest BCUT2D eigenvalue weighted by Crippen LogP contribution is -2.27. The Kier molecular flexibility index (Phi) is 6.66. The molecule has 0 unspecified atom stereocenters. The Labute approximate surface area is 171 Å². The monoisotopic (exact) mass is 415 g/mol. The number of anilines is 1. The van der Waals surface area contributed by atoms with E-state index in [0.29, 0.717) is 40.3 Å². The Bertz CT molecular complexity index is 1100. The summed E-state index contributed by atoms with van der Waals surface area (Å²) in [6.45, 7) is 3.59. The molecule has 152 valence electrons. The molecule has 3 rings (SSSR count). The van der Waals surface area contributed by atoms with Crippen molar-refractivity contribution in [3.8, 4) is 0 Å². The van der Waals surface area contributed by atoms with Crippen molar-refractivity contribution in [1.82, 2.24) is 9.55 Å². The van der Waals surface area contributed by atoms with Crippen molar-refractivity contribution in [2.24, 2.45) is 0 Å². The zero-order valence-corrected chi connectivity index (χ0v) is 17.0. The summed E-state index contributed by atoms with van der Waals surface area (Å²) < 4.78 is 15.2. The number of carbonyl (C=O) groups is 1. The number of hydrogen-bond acceptors (Lipinski definition) is 5. The van der Waals surface area contributed by atoms with Gasteiger partial charge in [-0.25, -0.2) is 9.37 Å². The van der Waals surface area contributed by atoms with Crippen molar-refractivity contribution >= 4 is 34.3 Å². The summed E-state index contributed by atoms with van der Waals surface area (Å²) in [5.74, 6) is -0.716. The maximum absolute atomic E-state index is 13.7. The number of aromatic nitrogens is 2. The van der Waals surface area contributed by atoms with E-state index in [1.807, 2.05) is 0 Å². The number of amides is 1. The smallest absolute Gasteiger partial charge is 0.262 e. The first-order chi connectivity index (χ1) is 13.9. The predicted molar refractivity (Wildman–Crippen MR) is 113 cm³/mol. The van der Waals surface area contributed by atoms with Crippen LogP contribution >= 0.6 is 11.8 Å². The summed E-state index contributed by atoms with van der Waals surface area (Å²) in [7, 11) is 0. The maximum atomic E-state index is 13.7. The second-order valence-corrected chi connectivity index (χ2v) is 7.97. The van der Waals surface area contributed by atoms with Gasteiger partial charge in [0.25, 0.3) is 5.56 Å². The van der Waals surface area contributed by atoms with Crippen LogP contribution < -0.4 is 10.9 Å². The highest BCUT2D eigenvalue weighted by Crippen LogP contribution is 2.24. The predicted octanol–water partition coefficient (Wildman–Crippen LogP) is 3.35. The van der Waals surface area contributed by atoms with E-state index in [0.717, 1.165) is 11.8 Å². The second-order valence-electron chi connectivity index (χ2n) is 6.66. The number of benzene rings is 2. The molecule has 1 atom stereocenters. The molecule has 0 fully saturated rings. The van der Waals surface area contributed by atoms with E-state index in [4.69, 9.17) is 5.11 Å². The Morgan fingerprint density at radius 3 is 2.79 bits per heavy atom. The molecule has 0 aliphatic carbocycles. The van der Waals surface area contributed by atoms with E-state index >= 15 is 0 Å². The first kappa shape index (κ1) is 21.0. The van der Waals surface area contributed by atoms with Crippen LogP contribution in [0.3, 0.4) is 0 Å². The van der Waals surface area contributed by atoms with E-state index in [-0.39, 0.29) is 18.1 Å². The molecule has 1 amide bonds. The molecule has 6 nitrogen and oxygen atoms in total. The molecule has 1 heterocycles. The Balaban J connectivity index is 1.86. The second kappa shape index (κ2) is 9.19. The minimum Gasteiger partial charge on any atom is -0.396 e. The van der Waals surface area contributed by atoms with Gasteiger partial charge >= 0.3 is 0 Å². The minimum atomic E-state index is -0.576. The molecule has 8 heteroatoms. The number of halogens is 1. The standard InChI is InChI=1S/C21H22FN3O3S/c1-13-8-9-15(12-17(13)22)23-19(27)14(2)29-21-24-18-7-4-3-6-16(18)20(28)25(21)10-5-11-26/h3-4,6-9,12,14,26H,5,10-11H2,1-2H3,(H,23,27)/t14-/m1/s1. The number of para-hydroxylation sites is 1. The average Bonchev–Trinajstić information content (AvgIpc) is 2.70. The minimum absolute atomic E-state index is 0.0571. The molecule has 0 saturated carbocycles. The molecule has 2 N–H and O–H groups in total. The molecule has 0 aliphatic rings. The summed E-state index contributed by atoms with van der Waals surface area (Å²) in [6, 6.07) is 11.5. The lowest BCUT2D eigenvalue weighted by atomic mass is 10.2. The number of nitrogens with zero attached hydrogens (tertiary/aromatic N) is 2. The number of fused-ring (bicyclic) bond motifs is 1. The highest BCUT2D eigenvalue weighted by atomic mass is 32.2. The summed E-state index contributed by atoms with van der Waals surface area (Å²) in [5.41, 5.74) is 1.21. The topological polar surface area (TPSA) is 84.2 Å². The van der Waals surface area contributed by atoms with Gasteiger partial charge in [0.15, 0.2) is 5.16 Å². The van der Waals surface area contributed by atoms with Gasteiger partial charge in [0.05, 0.1) is 16.2 Å². The third-order valence-corrected chi connectivity index (χ3v) is 5.55. The normalized spacial score (nSPS) is 12.1. The zero-order chi connectivity index (χ0) is 21.0. The van der Waals surface area contributed by atoms with Crippen molar-refractivity contribution < 1.29 is 14.3 Å². The Morgan fingerprint density at radius 1 is 1.31 bits per heavy atom. The fourth-order valence-electron chi connectivity index (χ4n) is 2.79. The maximum Gasteiger partial charge on any atom is 0.262 e. The largest absolute Gasteiger partial charge is 0.396 e. The van der Waals surface area contributed by atoms with Gasteiger partial charge in [-0.15, -0.1) is 0 Å². The molecule has 1 aromatic heterocycles. The molecule has 0 spiro atoms. The summed E-state index contributed by atoms with van der Waals surface area (Å²) in [4.78, 5) is 30.0. The van der Waals surface area contributed by atoms with Gasteiger partial charge < -0.3 is 10.4 Å². The number of aliphatic hydroxyl groups is 1. The van der Waals surface area contributed by atoms with Gasteiger partial charge in [0.1, 0.15) is 5.82 Å². The molecule has 0 radical (unpaired) electrons. The van der Waals surface area contributed by atoms with E-state index in [1.165, 1.54) is 10.6 Å². The van der Waals surface area contributed by atoms with E-state index in [2.05, 4.69) is 10.3 Å². The third kappa shape index (κ3) is 4.83. The van der Waals surface area contributed by atoms with Crippen LogP contribution in [0.4, 0.5) is 10.1 Å². The SMILES string of the molecule is Cc1ccc(NC(=O)[C@@H](C)Sc2nc3ccccc3c(=O)n2CCCO)cc1F. The van der Waals surface area contributed by atoms with Crippen LogP contribution in [0.1, 0.15) is 18.9 Å². The zero-order valence-electron chi connectivity index (χ0n) is 16.2. The van der Waals surface area contributed by atoms with E-state index in [9.17, 15) is 14.0 Å². The van der Waals surface area contributed by atoms with Gasteiger partial charge in [0, 0.05) is 18.8 Å². The highest BCUT2D eigenvalue weighted by Gasteiger charge is 2.20. The van der Waals surface area contributed by atoms with Gasteiger partial charge in [-0.2, -0.15) is 0 Å². The molecular weight excluding hydrogens is 393 g/mol. The van der Waals surface area contributed by atoms with Crippen molar-refractivity contribution in [3.63, 3.8) is 0 Å². The summed E-state index contributed by atoms with van der Waals surface area (Å²) >= 11 is 1.15. The van der Waals surface area contributed by atoms with Crippen LogP contribution in [0.2, 0.25) is 0 Å². The van der Waals surface area contributed by atoms with Crippen LogP contribution in [0.15, 0.2) is 52.4 Å². The van der Waals surface area contributed by atoms with Crippen molar-refractivity contribution in [2.45, 2.75) is 37.2 Å². The van der Waals surface area contributed by atoms with Crippen LogP contribution in [-0.4, -0.2) is 32.4 Å². The molecule has 0 saturated heterocycles. The van der Waals surface area contributed by atoms with Crippen LogP contribution in [-0.2, 0) is 11.3 Å². The lowest BCUT2D eigenvalue weighted by Gasteiger charge is -2.16. The van der Waals surface area contributed by atoms with Crippen LogP contribution in [0.5, 0.6) is 0 Å². The van der Waals surface area contributed by atoms with Crippen molar-refractivity contribution in [3.05, 3.63) is 64.2 Å².